The zero-order chi connectivity index (χ0) is 22.1. The number of amides is 2. The molecular weight excluding hydrogens is 392 g/mol. The standard InChI is InChI=1S/C21H22N2O7/c1-23(21(29)30-13-14-5-3-2-4-6-14)16-9-7-15(8-10-16)19(26)22-17(20(27)28)11-12-18(24)25/h2-10,17H,11-13H2,1H3,(H,22,26)(H,24,25)(H,27,28). The molecule has 0 aromatic heterocycles. The molecule has 2 aromatic rings. The predicted octanol–water partition coefficient (Wildman–Crippen LogP) is 2.51. The molecular formula is C21H22N2O7. The molecule has 2 amide bonds. The van der Waals surface area contributed by atoms with E-state index in [0.29, 0.717) is 5.69 Å². The first kappa shape index (κ1) is 22.4. The molecule has 30 heavy (non-hydrogen) atoms. The van der Waals surface area contributed by atoms with Gasteiger partial charge in [-0.2, -0.15) is 0 Å². The van der Waals surface area contributed by atoms with Crippen LogP contribution in [0.5, 0.6) is 0 Å². The van der Waals surface area contributed by atoms with Crippen molar-refractivity contribution in [2.75, 3.05) is 11.9 Å². The van der Waals surface area contributed by atoms with Crippen molar-refractivity contribution in [3.63, 3.8) is 0 Å². The number of rotatable bonds is 9. The molecule has 0 aliphatic rings. The van der Waals surface area contributed by atoms with Gasteiger partial charge in [0.1, 0.15) is 12.6 Å². The molecule has 9 nitrogen and oxygen atoms in total. The number of hydrogen-bond acceptors (Lipinski definition) is 5. The normalized spacial score (nSPS) is 11.2. The smallest absolute Gasteiger partial charge is 0.414 e. The minimum Gasteiger partial charge on any atom is -0.481 e. The van der Waals surface area contributed by atoms with E-state index in [9.17, 15) is 19.2 Å². The van der Waals surface area contributed by atoms with E-state index in [1.165, 1.54) is 36.2 Å². The van der Waals surface area contributed by atoms with Gasteiger partial charge in [0, 0.05) is 24.7 Å². The van der Waals surface area contributed by atoms with Crippen LogP contribution in [0, 0.1) is 0 Å². The summed E-state index contributed by atoms with van der Waals surface area (Å²) in [4.78, 5) is 47.5. The van der Waals surface area contributed by atoms with Crippen molar-refractivity contribution < 1.29 is 34.1 Å². The van der Waals surface area contributed by atoms with E-state index < -0.39 is 30.0 Å². The van der Waals surface area contributed by atoms with Gasteiger partial charge in [0.25, 0.3) is 5.91 Å². The van der Waals surface area contributed by atoms with Gasteiger partial charge in [-0.15, -0.1) is 0 Å². The van der Waals surface area contributed by atoms with Crippen molar-refractivity contribution >= 4 is 29.6 Å². The Hall–Kier alpha value is -3.88. The third-order valence-electron chi connectivity index (χ3n) is 4.25. The highest BCUT2D eigenvalue weighted by Crippen LogP contribution is 2.16. The van der Waals surface area contributed by atoms with E-state index in [-0.39, 0.29) is 25.0 Å². The van der Waals surface area contributed by atoms with Gasteiger partial charge < -0.3 is 20.3 Å². The highest BCUT2D eigenvalue weighted by molar-refractivity contribution is 5.97. The van der Waals surface area contributed by atoms with Gasteiger partial charge in [0.05, 0.1) is 0 Å². The van der Waals surface area contributed by atoms with E-state index in [2.05, 4.69) is 5.32 Å². The highest BCUT2D eigenvalue weighted by Gasteiger charge is 2.22. The molecule has 2 rings (SSSR count). The molecule has 2 aromatic carbocycles. The molecule has 0 fully saturated rings. The summed E-state index contributed by atoms with van der Waals surface area (Å²) < 4.78 is 5.24. The van der Waals surface area contributed by atoms with Crippen molar-refractivity contribution in [2.45, 2.75) is 25.5 Å². The van der Waals surface area contributed by atoms with Crippen LogP contribution in [0.4, 0.5) is 10.5 Å². The average molecular weight is 414 g/mol. The minimum absolute atomic E-state index is 0.122. The molecule has 0 heterocycles. The molecule has 0 spiro atoms. The van der Waals surface area contributed by atoms with Crippen LogP contribution in [0.15, 0.2) is 54.6 Å². The number of benzene rings is 2. The second kappa shape index (κ2) is 10.6. The molecule has 9 heteroatoms. The lowest BCUT2D eigenvalue weighted by atomic mass is 10.1. The molecule has 1 atom stereocenters. The summed E-state index contributed by atoms with van der Waals surface area (Å²) in [5, 5.41) is 20.1. The predicted molar refractivity (Wildman–Crippen MR) is 107 cm³/mol. The van der Waals surface area contributed by atoms with E-state index in [4.69, 9.17) is 14.9 Å². The summed E-state index contributed by atoms with van der Waals surface area (Å²) >= 11 is 0. The van der Waals surface area contributed by atoms with E-state index >= 15 is 0 Å². The van der Waals surface area contributed by atoms with Crippen molar-refractivity contribution in [3.05, 3.63) is 65.7 Å². The fourth-order valence-electron chi connectivity index (χ4n) is 2.52. The maximum Gasteiger partial charge on any atom is 0.414 e. The van der Waals surface area contributed by atoms with Crippen LogP contribution in [0.3, 0.4) is 0 Å². The zero-order valence-electron chi connectivity index (χ0n) is 16.3. The quantitative estimate of drug-likeness (QED) is 0.574. The monoisotopic (exact) mass is 414 g/mol. The van der Waals surface area contributed by atoms with Crippen molar-refractivity contribution in [2.24, 2.45) is 0 Å². The molecule has 158 valence electrons. The fourth-order valence-corrected chi connectivity index (χ4v) is 2.52. The Morgan fingerprint density at radius 3 is 2.20 bits per heavy atom. The number of carboxylic acid groups (broad SMARTS) is 2. The maximum absolute atomic E-state index is 12.3. The topological polar surface area (TPSA) is 133 Å². The first-order valence-electron chi connectivity index (χ1n) is 9.08. The third kappa shape index (κ3) is 6.62. The summed E-state index contributed by atoms with van der Waals surface area (Å²) in [6.45, 7) is 0.122. The van der Waals surface area contributed by atoms with Crippen molar-refractivity contribution in [1.29, 1.82) is 0 Å². The number of hydrogen-bond donors (Lipinski definition) is 3. The lowest BCUT2D eigenvalue weighted by molar-refractivity contribution is -0.140. The number of ether oxygens (including phenoxy) is 1. The van der Waals surface area contributed by atoms with E-state index in [1.807, 2.05) is 30.3 Å². The number of nitrogens with one attached hydrogen (secondary N) is 1. The first-order valence-corrected chi connectivity index (χ1v) is 9.08. The van der Waals surface area contributed by atoms with Crippen LogP contribution < -0.4 is 10.2 Å². The number of aliphatic carboxylic acids is 2. The summed E-state index contributed by atoms with van der Waals surface area (Å²) in [7, 11) is 1.52. The molecule has 3 N–H and O–H groups in total. The number of anilines is 1. The largest absolute Gasteiger partial charge is 0.481 e. The lowest BCUT2D eigenvalue weighted by Crippen LogP contribution is -2.41. The average Bonchev–Trinajstić information content (AvgIpc) is 2.74. The Bertz CT molecular complexity index is 897. The maximum atomic E-state index is 12.3. The lowest BCUT2D eigenvalue weighted by Gasteiger charge is -2.18. The molecule has 0 radical (unpaired) electrons. The highest BCUT2D eigenvalue weighted by atomic mass is 16.6. The Morgan fingerprint density at radius 1 is 1.00 bits per heavy atom. The van der Waals surface area contributed by atoms with Gasteiger partial charge in [-0.1, -0.05) is 30.3 Å². The van der Waals surface area contributed by atoms with Gasteiger partial charge in [0.2, 0.25) is 0 Å². The summed E-state index contributed by atoms with van der Waals surface area (Å²) in [5.74, 6) is -3.13. The first-order chi connectivity index (χ1) is 14.3. The zero-order valence-corrected chi connectivity index (χ0v) is 16.3. The number of carbonyl (C=O) groups excluding carboxylic acids is 2. The second-order valence-electron chi connectivity index (χ2n) is 6.44. The van der Waals surface area contributed by atoms with Crippen LogP contribution in [0.1, 0.15) is 28.8 Å². The van der Waals surface area contributed by atoms with Gasteiger partial charge in [-0.25, -0.2) is 9.59 Å². The molecule has 0 saturated carbocycles. The summed E-state index contributed by atoms with van der Waals surface area (Å²) in [5.41, 5.74) is 1.50. The summed E-state index contributed by atoms with van der Waals surface area (Å²) in [6.07, 6.45) is -1.19. The summed E-state index contributed by atoms with van der Waals surface area (Å²) in [6, 6.07) is 13.8. The molecule has 0 bridgehead atoms. The van der Waals surface area contributed by atoms with Crippen LogP contribution in [-0.2, 0) is 20.9 Å². The van der Waals surface area contributed by atoms with E-state index in [0.717, 1.165) is 5.56 Å². The van der Waals surface area contributed by atoms with Gasteiger partial charge in [-0.05, 0) is 36.2 Å². The number of nitrogens with zero attached hydrogens (tertiary/aromatic N) is 1. The molecule has 0 aliphatic carbocycles. The molecule has 0 saturated heterocycles. The minimum atomic E-state index is -1.32. The van der Waals surface area contributed by atoms with Gasteiger partial charge >= 0.3 is 18.0 Å². The van der Waals surface area contributed by atoms with Crippen molar-refractivity contribution in [3.8, 4) is 0 Å². The second-order valence-corrected chi connectivity index (χ2v) is 6.44. The molecule has 1 unspecified atom stereocenters. The van der Waals surface area contributed by atoms with E-state index in [1.54, 1.807) is 0 Å². The Labute approximate surface area is 172 Å². The van der Waals surface area contributed by atoms with Gasteiger partial charge in [-0.3, -0.25) is 14.5 Å². The fraction of sp³-hybridized carbons (Fsp3) is 0.238. The Balaban J connectivity index is 1.95. The van der Waals surface area contributed by atoms with Crippen LogP contribution in [0.25, 0.3) is 0 Å². The number of carbonyl (C=O) groups is 4. The third-order valence-corrected chi connectivity index (χ3v) is 4.25. The van der Waals surface area contributed by atoms with Crippen LogP contribution in [0.2, 0.25) is 0 Å². The van der Waals surface area contributed by atoms with Crippen LogP contribution >= 0.6 is 0 Å². The Morgan fingerprint density at radius 2 is 1.63 bits per heavy atom. The molecule has 0 aliphatic heterocycles. The number of carboxylic acids is 2. The SMILES string of the molecule is CN(C(=O)OCc1ccccc1)c1ccc(C(=O)NC(CCC(=O)O)C(=O)O)cc1. The van der Waals surface area contributed by atoms with Gasteiger partial charge in [0.15, 0.2) is 0 Å². The van der Waals surface area contributed by atoms with Crippen molar-refractivity contribution in [1.82, 2.24) is 5.32 Å². The Kier molecular flexibility index (Phi) is 7.92. The van der Waals surface area contributed by atoms with Crippen LogP contribution in [-0.4, -0.2) is 47.2 Å².